The Hall–Kier alpha value is -2.65. The van der Waals surface area contributed by atoms with Crippen LogP contribution in [-0.4, -0.2) is 18.5 Å². The second-order valence-corrected chi connectivity index (χ2v) is 8.01. The first-order valence-electron chi connectivity index (χ1n) is 9.70. The van der Waals surface area contributed by atoms with Crippen molar-refractivity contribution in [2.24, 2.45) is 0 Å². The summed E-state index contributed by atoms with van der Waals surface area (Å²) in [6.45, 7) is 1.56. The highest BCUT2D eigenvalue weighted by atomic mass is 32.1. The van der Waals surface area contributed by atoms with Gasteiger partial charge in [-0.25, -0.2) is 0 Å². The van der Waals surface area contributed by atoms with Crippen molar-refractivity contribution in [1.82, 2.24) is 0 Å². The number of nitrogens with zero attached hydrogens (tertiary/aromatic N) is 1. The highest BCUT2D eigenvalue weighted by molar-refractivity contribution is 7.16. The minimum absolute atomic E-state index is 0.352. The Balaban J connectivity index is 1.62. The van der Waals surface area contributed by atoms with E-state index in [1.165, 1.54) is 22.6 Å². The van der Waals surface area contributed by atoms with Crippen LogP contribution >= 0.6 is 11.3 Å². The molecule has 1 aromatic carbocycles. The molecule has 1 unspecified atom stereocenters. The van der Waals surface area contributed by atoms with Gasteiger partial charge in [0.1, 0.15) is 11.1 Å². The molecule has 28 heavy (non-hydrogen) atoms. The Morgan fingerprint density at radius 2 is 1.96 bits per heavy atom. The third-order valence-corrected chi connectivity index (χ3v) is 6.23. The molecule has 0 radical (unpaired) electrons. The van der Waals surface area contributed by atoms with Gasteiger partial charge in [0.2, 0.25) is 0 Å². The largest absolute Gasteiger partial charge is 0.455 e. The van der Waals surface area contributed by atoms with Gasteiger partial charge in [-0.05, 0) is 43.2 Å². The van der Waals surface area contributed by atoms with Gasteiger partial charge in [0, 0.05) is 4.88 Å². The van der Waals surface area contributed by atoms with Crippen molar-refractivity contribution in [1.29, 1.82) is 5.26 Å². The molecule has 6 heteroatoms. The fraction of sp³-hybridized carbons (Fsp3) is 0.409. The molecule has 0 saturated heterocycles. The van der Waals surface area contributed by atoms with Crippen molar-refractivity contribution < 1.29 is 14.3 Å². The van der Waals surface area contributed by atoms with Crippen molar-refractivity contribution in [2.45, 2.75) is 51.4 Å². The topological polar surface area (TPSA) is 79.2 Å². The van der Waals surface area contributed by atoms with Gasteiger partial charge in [-0.2, -0.15) is 5.26 Å². The van der Waals surface area contributed by atoms with E-state index < -0.39 is 11.9 Å². The normalized spacial score (nSPS) is 14.3. The van der Waals surface area contributed by atoms with Crippen molar-refractivity contribution >= 4 is 28.2 Å². The monoisotopic (exact) mass is 396 g/mol. The lowest BCUT2D eigenvalue weighted by molar-refractivity contribution is -0.149. The van der Waals surface area contributed by atoms with Gasteiger partial charge in [0.15, 0.2) is 6.61 Å². The van der Waals surface area contributed by atoms with E-state index in [0.717, 1.165) is 36.8 Å². The number of hydrogen-bond donors (Lipinski definition) is 1. The predicted octanol–water partition coefficient (Wildman–Crippen LogP) is 4.56. The van der Waals surface area contributed by atoms with Crippen LogP contribution in [-0.2, 0) is 27.2 Å². The standard InChI is InChI=1S/C22H24N2O3S/c1-2-16(15-9-5-3-6-10-15)22(26)27-14-20(25)24-21-18(13-23)17-11-7-4-8-12-19(17)28-21/h3,5-6,9-10,16H,2,4,7-8,11-12,14H2,1H3,(H,24,25). The number of nitriles is 1. The summed E-state index contributed by atoms with van der Waals surface area (Å²) >= 11 is 1.48. The fourth-order valence-corrected chi connectivity index (χ4v) is 4.83. The Morgan fingerprint density at radius 3 is 2.68 bits per heavy atom. The van der Waals surface area contributed by atoms with E-state index in [4.69, 9.17) is 4.74 Å². The molecule has 1 N–H and O–H groups in total. The number of anilines is 1. The summed E-state index contributed by atoms with van der Waals surface area (Å²) in [4.78, 5) is 25.9. The highest BCUT2D eigenvalue weighted by Crippen LogP contribution is 2.36. The second kappa shape index (κ2) is 9.52. The maximum absolute atomic E-state index is 12.4. The Labute approximate surface area is 169 Å². The zero-order valence-corrected chi connectivity index (χ0v) is 16.8. The van der Waals surface area contributed by atoms with Gasteiger partial charge in [-0.15, -0.1) is 11.3 Å². The zero-order valence-electron chi connectivity index (χ0n) is 16.0. The number of fused-ring (bicyclic) bond motifs is 1. The number of carbonyl (C=O) groups is 2. The van der Waals surface area contributed by atoms with E-state index in [1.807, 2.05) is 37.3 Å². The third kappa shape index (κ3) is 4.60. The van der Waals surface area contributed by atoms with Crippen molar-refractivity contribution in [3.63, 3.8) is 0 Å². The lowest BCUT2D eigenvalue weighted by atomic mass is 9.97. The van der Waals surface area contributed by atoms with Crippen LogP contribution in [0.1, 0.15) is 60.1 Å². The first-order chi connectivity index (χ1) is 13.6. The number of nitrogens with one attached hydrogen (secondary N) is 1. The number of rotatable bonds is 6. The SMILES string of the molecule is CCC(C(=O)OCC(=O)Nc1sc2c(c1C#N)CCCCC2)c1ccccc1. The molecule has 1 aliphatic rings. The number of thiophene rings is 1. The molecular formula is C22H24N2O3S. The van der Waals surface area contributed by atoms with Gasteiger partial charge in [0.05, 0.1) is 11.5 Å². The lowest BCUT2D eigenvalue weighted by Crippen LogP contribution is -2.23. The fourth-order valence-electron chi connectivity index (χ4n) is 3.57. The predicted molar refractivity (Wildman–Crippen MR) is 109 cm³/mol. The van der Waals surface area contributed by atoms with Crippen molar-refractivity contribution in [2.75, 3.05) is 11.9 Å². The van der Waals surface area contributed by atoms with Crippen LogP contribution in [0.3, 0.4) is 0 Å². The number of esters is 1. The smallest absolute Gasteiger partial charge is 0.313 e. The maximum Gasteiger partial charge on any atom is 0.313 e. The van der Waals surface area contributed by atoms with E-state index >= 15 is 0 Å². The van der Waals surface area contributed by atoms with Gasteiger partial charge < -0.3 is 10.1 Å². The highest BCUT2D eigenvalue weighted by Gasteiger charge is 2.23. The second-order valence-electron chi connectivity index (χ2n) is 6.91. The molecule has 1 heterocycles. The number of amides is 1. The average molecular weight is 397 g/mol. The van der Waals surface area contributed by atoms with Gasteiger partial charge in [-0.1, -0.05) is 43.7 Å². The Kier molecular flexibility index (Phi) is 6.83. The summed E-state index contributed by atoms with van der Waals surface area (Å²) in [5, 5.41) is 12.9. The summed E-state index contributed by atoms with van der Waals surface area (Å²) in [6, 6.07) is 11.7. The van der Waals surface area contributed by atoms with Crippen LogP contribution in [0.4, 0.5) is 5.00 Å². The van der Waals surface area contributed by atoms with E-state index in [2.05, 4.69) is 11.4 Å². The molecule has 0 fully saturated rings. The molecule has 0 saturated carbocycles. The number of aryl methyl sites for hydroxylation is 1. The van der Waals surface area contributed by atoms with Crippen LogP contribution in [0, 0.1) is 11.3 Å². The van der Waals surface area contributed by atoms with Crippen LogP contribution in [0.2, 0.25) is 0 Å². The lowest BCUT2D eigenvalue weighted by Gasteiger charge is -2.14. The molecule has 146 valence electrons. The third-order valence-electron chi connectivity index (χ3n) is 5.03. The Morgan fingerprint density at radius 1 is 1.21 bits per heavy atom. The molecule has 0 aliphatic heterocycles. The first-order valence-corrected chi connectivity index (χ1v) is 10.5. The summed E-state index contributed by atoms with van der Waals surface area (Å²) in [5.41, 5.74) is 2.52. The molecule has 2 aromatic rings. The van der Waals surface area contributed by atoms with E-state index in [1.54, 1.807) is 0 Å². The number of hydrogen-bond acceptors (Lipinski definition) is 5. The minimum atomic E-state index is -0.413. The summed E-state index contributed by atoms with van der Waals surface area (Å²) in [7, 11) is 0. The molecule has 1 atom stereocenters. The number of ether oxygens (including phenoxy) is 1. The van der Waals surface area contributed by atoms with Crippen molar-refractivity contribution in [3.05, 3.63) is 51.9 Å². The van der Waals surface area contributed by atoms with Crippen LogP contribution in [0.25, 0.3) is 0 Å². The number of carbonyl (C=O) groups excluding carboxylic acids is 2. The van der Waals surface area contributed by atoms with Crippen LogP contribution < -0.4 is 5.32 Å². The summed E-state index contributed by atoms with van der Waals surface area (Å²) in [6.07, 6.45) is 5.79. The molecule has 1 aliphatic carbocycles. The van der Waals surface area contributed by atoms with Crippen LogP contribution in [0.5, 0.6) is 0 Å². The molecular weight excluding hydrogens is 372 g/mol. The molecule has 0 spiro atoms. The zero-order chi connectivity index (χ0) is 19.9. The Bertz CT molecular complexity index is 883. The molecule has 3 rings (SSSR count). The molecule has 0 bridgehead atoms. The molecule has 1 amide bonds. The van der Waals surface area contributed by atoms with Gasteiger partial charge >= 0.3 is 5.97 Å². The summed E-state index contributed by atoms with van der Waals surface area (Å²) in [5.74, 6) is -1.21. The summed E-state index contributed by atoms with van der Waals surface area (Å²) < 4.78 is 5.25. The average Bonchev–Trinajstić information content (AvgIpc) is 2.86. The maximum atomic E-state index is 12.4. The number of benzene rings is 1. The quantitative estimate of drug-likeness (QED) is 0.573. The van der Waals surface area contributed by atoms with E-state index in [-0.39, 0.29) is 12.5 Å². The van der Waals surface area contributed by atoms with Gasteiger partial charge in [0.25, 0.3) is 5.91 Å². The van der Waals surface area contributed by atoms with Gasteiger partial charge in [-0.3, -0.25) is 9.59 Å². The van der Waals surface area contributed by atoms with E-state index in [0.29, 0.717) is 17.0 Å². The minimum Gasteiger partial charge on any atom is -0.455 e. The molecule has 1 aromatic heterocycles. The van der Waals surface area contributed by atoms with E-state index in [9.17, 15) is 14.9 Å². The van der Waals surface area contributed by atoms with Crippen LogP contribution in [0.15, 0.2) is 30.3 Å². The van der Waals surface area contributed by atoms with Crippen molar-refractivity contribution in [3.8, 4) is 6.07 Å². The molecule has 5 nitrogen and oxygen atoms in total. The first kappa shape index (κ1) is 20.1.